The average molecular weight is 293 g/mol. The Hall–Kier alpha value is -2.30. The van der Waals surface area contributed by atoms with Crippen molar-refractivity contribution in [3.63, 3.8) is 0 Å². The van der Waals surface area contributed by atoms with E-state index in [1.165, 1.54) is 31.3 Å². The molecule has 2 rings (SSSR count). The summed E-state index contributed by atoms with van der Waals surface area (Å²) in [6.07, 6.45) is -4.26. The highest BCUT2D eigenvalue weighted by Crippen LogP contribution is 2.21. The second-order valence-electron chi connectivity index (χ2n) is 4.71. The molecule has 0 radical (unpaired) electrons. The molecule has 21 heavy (non-hydrogen) atoms. The van der Waals surface area contributed by atoms with Crippen LogP contribution >= 0.6 is 0 Å². The Morgan fingerprint density at radius 2 is 1.48 bits per heavy atom. The molecule has 0 aliphatic carbocycles. The maximum Gasteiger partial charge on any atom is 0.405 e. The van der Waals surface area contributed by atoms with Gasteiger partial charge in [-0.1, -0.05) is 30.3 Å². The molecule has 0 N–H and O–H groups in total. The molecule has 2 aromatic rings. The summed E-state index contributed by atoms with van der Waals surface area (Å²) in [7, 11) is 1.36. The first-order chi connectivity index (χ1) is 9.87. The number of rotatable bonds is 4. The van der Waals surface area contributed by atoms with Crippen molar-refractivity contribution >= 4 is 11.5 Å². The van der Waals surface area contributed by atoms with Gasteiger partial charge in [0.25, 0.3) is 0 Å². The minimum Gasteiger partial charge on any atom is -0.366 e. The molecule has 0 aliphatic rings. The molecule has 0 unspecified atom stereocenters. The van der Waals surface area contributed by atoms with Crippen LogP contribution in [0.25, 0.3) is 0 Å². The number of carbonyl (C=O) groups is 1. The van der Waals surface area contributed by atoms with Gasteiger partial charge in [-0.25, -0.2) is 0 Å². The lowest BCUT2D eigenvalue weighted by Crippen LogP contribution is -2.30. The molecule has 0 bridgehead atoms. The molecular formula is C16H14F3NO. The van der Waals surface area contributed by atoms with E-state index in [0.717, 1.165) is 4.90 Å². The number of hydrogen-bond donors (Lipinski definition) is 0. The molecule has 2 nitrogen and oxygen atoms in total. The van der Waals surface area contributed by atoms with Gasteiger partial charge in [-0.15, -0.1) is 0 Å². The lowest BCUT2D eigenvalue weighted by Gasteiger charge is -2.21. The Kier molecular flexibility index (Phi) is 4.31. The molecule has 0 aromatic heterocycles. The Morgan fingerprint density at radius 3 is 2.00 bits per heavy atom. The number of alkyl halides is 3. The summed E-state index contributed by atoms with van der Waals surface area (Å²) in [5.74, 6) is -0.152. The van der Waals surface area contributed by atoms with Crippen molar-refractivity contribution in [3.8, 4) is 0 Å². The van der Waals surface area contributed by atoms with Gasteiger partial charge in [0.1, 0.15) is 6.54 Å². The Morgan fingerprint density at radius 1 is 0.952 bits per heavy atom. The third-order valence-corrected chi connectivity index (χ3v) is 3.02. The first kappa shape index (κ1) is 15.1. The second kappa shape index (κ2) is 5.99. The van der Waals surface area contributed by atoms with Crippen LogP contribution in [0.15, 0.2) is 54.6 Å². The van der Waals surface area contributed by atoms with Crippen molar-refractivity contribution < 1.29 is 18.0 Å². The highest BCUT2D eigenvalue weighted by Gasteiger charge is 2.29. The molecule has 0 heterocycles. The monoisotopic (exact) mass is 293 g/mol. The fraction of sp³-hybridized carbons (Fsp3) is 0.188. The fourth-order valence-corrected chi connectivity index (χ4v) is 1.98. The Labute approximate surface area is 120 Å². The van der Waals surface area contributed by atoms with Gasteiger partial charge in [-0.2, -0.15) is 13.2 Å². The minimum absolute atomic E-state index is 0.152. The SMILES string of the molecule is CN(CC(F)(F)F)c1ccc(C(=O)c2ccccc2)cc1. The molecular weight excluding hydrogens is 279 g/mol. The number of hydrogen-bond acceptors (Lipinski definition) is 2. The van der Waals surface area contributed by atoms with Crippen LogP contribution in [0, 0.1) is 0 Å². The van der Waals surface area contributed by atoms with Gasteiger partial charge in [-0.3, -0.25) is 4.79 Å². The standard InChI is InChI=1S/C16H14F3NO/c1-20(11-16(17,18)19)14-9-7-13(8-10-14)15(21)12-5-3-2-4-6-12/h2-10H,11H2,1H3. The molecule has 0 amide bonds. The number of benzene rings is 2. The van der Waals surface area contributed by atoms with Gasteiger partial charge < -0.3 is 4.90 Å². The number of carbonyl (C=O) groups excluding carboxylic acids is 1. The van der Waals surface area contributed by atoms with E-state index >= 15 is 0 Å². The zero-order valence-electron chi connectivity index (χ0n) is 11.4. The van der Waals surface area contributed by atoms with Crippen molar-refractivity contribution in [2.45, 2.75) is 6.18 Å². The molecule has 0 fully saturated rings. The molecule has 5 heteroatoms. The highest BCUT2D eigenvalue weighted by molar-refractivity contribution is 6.09. The third-order valence-electron chi connectivity index (χ3n) is 3.02. The lowest BCUT2D eigenvalue weighted by atomic mass is 10.0. The van der Waals surface area contributed by atoms with Crippen molar-refractivity contribution in [2.75, 3.05) is 18.5 Å². The van der Waals surface area contributed by atoms with Crippen LogP contribution in [0.4, 0.5) is 18.9 Å². The molecule has 0 aliphatic heterocycles. The van der Waals surface area contributed by atoms with Gasteiger partial charge in [0.2, 0.25) is 0 Å². The smallest absolute Gasteiger partial charge is 0.366 e. The fourth-order valence-electron chi connectivity index (χ4n) is 1.98. The van der Waals surface area contributed by atoms with Crippen molar-refractivity contribution in [1.82, 2.24) is 0 Å². The predicted molar refractivity (Wildman–Crippen MR) is 75.6 cm³/mol. The molecule has 0 atom stereocenters. The summed E-state index contributed by atoms with van der Waals surface area (Å²) in [4.78, 5) is 13.3. The van der Waals surface area contributed by atoms with Gasteiger partial charge >= 0.3 is 6.18 Å². The highest BCUT2D eigenvalue weighted by atomic mass is 19.4. The first-order valence-corrected chi connectivity index (χ1v) is 6.34. The molecule has 0 spiro atoms. The lowest BCUT2D eigenvalue weighted by molar-refractivity contribution is -0.119. The minimum atomic E-state index is -4.26. The van der Waals surface area contributed by atoms with Crippen LogP contribution in [0.2, 0.25) is 0 Å². The summed E-state index contributed by atoms with van der Waals surface area (Å²) in [6, 6.07) is 14.8. The maximum absolute atomic E-state index is 12.3. The van der Waals surface area contributed by atoms with Crippen LogP contribution in [0.3, 0.4) is 0 Å². The van der Waals surface area contributed by atoms with E-state index < -0.39 is 12.7 Å². The number of nitrogens with zero attached hydrogens (tertiary/aromatic N) is 1. The molecule has 110 valence electrons. The first-order valence-electron chi connectivity index (χ1n) is 6.34. The topological polar surface area (TPSA) is 20.3 Å². The zero-order valence-corrected chi connectivity index (χ0v) is 11.4. The van der Waals surface area contributed by atoms with E-state index in [9.17, 15) is 18.0 Å². The van der Waals surface area contributed by atoms with Gasteiger partial charge in [0, 0.05) is 23.9 Å². The zero-order chi connectivity index (χ0) is 15.5. The Bertz CT molecular complexity index is 606. The van der Waals surface area contributed by atoms with E-state index in [1.807, 2.05) is 6.07 Å². The van der Waals surface area contributed by atoms with E-state index in [0.29, 0.717) is 16.8 Å². The Balaban J connectivity index is 2.14. The van der Waals surface area contributed by atoms with E-state index in [1.54, 1.807) is 24.3 Å². The second-order valence-corrected chi connectivity index (χ2v) is 4.71. The average Bonchev–Trinajstić information content (AvgIpc) is 2.46. The summed E-state index contributed by atoms with van der Waals surface area (Å²) < 4.78 is 37.0. The van der Waals surface area contributed by atoms with Crippen LogP contribution in [0.5, 0.6) is 0 Å². The largest absolute Gasteiger partial charge is 0.405 e. The third kappa shape index (κ3) is 4.08. The quantitative estimate of drug-likeness (QED) is 0.796. The molecule has 0 saturated carbocycles. The summed E-state index contributed by atoms with van der Waals surface area (Å²) in [6.45, 7) is -1.03. The van der Waals surface area contributed by atoms with Gasteiger partial charge in [-0.05, 0) is 24.3 Å². The number of halogens is 3. The van der Waals surface area contributed by atoms with Gasteiger partial charge in [0.05, 0.1) is 0 Å². The maximum atomic E-state index is 12.3. The van der Waals surface area contributed by atoms with Crippen molar-refractivity contribution in [1.29, 1.82) is 0 Å². The summed E-state index contributed by atoms with van der Waals surface area (Å²) >= 11 is 0. The van der Waals surface area contributed by atoms with E-state index in [-0.39, 0.29) is 5.78 Å². The molecule has 0 saturated heterocycles. The van der Waals surface area contributed by atoms with E-state index in [2.05, 4.69) is 0 Å². The van der Waals surface area contributed by atoms with Crippen LogP contribution in [0.1, 0.15) is 15.9 Å². The number of anilines is 1. The normalized spacial score (nSPS) is 11.2. The van der Waals surface area contributed by atoms with Gasteiger partial charge in [0.15, 0.2) is 5.78 Å². The van der Waals surface area contributed by atoms with Crippen LogP contribution < -0.4 is 4.90 Å². The molecule has 2 aromatic carbocycles. The summed E-state index contributed by atoms with van der Waals surface area (Å²) in [5, 5.41) is 0. The predicted octanol–water partition coefficient (Wildman–Crippen LogP) is 3.92. The van der Waals surface area contributed by atoms with Crippen molar-refractivity contribution in [3.05, 3.63) is 65.7 Å². The van der Waals surface area contributed by atoms with Crippen LogP contribution in [-0.4, -0.2) is 25.6 Å². The summed E-state index contributed by atoms with van der Waals surface area (Å²) in [5.41, 5.74) is 1.41. The number of ketones is 1. The van der Waals surface area contributed by atoms with Crippen LogP contribution in [-0.2, 0) is 0 Å². The van der Waals surface area contributed by atoms with E-state index in [4.69, 9.17) is 0 Å². The van der Waals surface area contributed by atoms with Crippen molar-refractivity contribution in [2.24, 2.45) is 0 Å².